The molecular formula is C11H12N2O4S. The standard InChI is InChI=1S/C11H12N2O4S/c1-8(11(14)13-18(2,15)16)17-10-5-3-9(7-12)4-6-10/h3-6,8H,1-2H3,(H,13,14)/t8-/m0/s1. The first-order valence-electron chi connectivity index (χ1n) is 5.00. The van der Waals surface area contributed by atoms with E-state index >= 15 is 0 Å². The second kappa shape index (κ2) is 5.51. The van der Waals surface area contributed by atoms with Crippen LogP contribution >= 0.6 is 0 Å². The molecule has 1 aromatic carbocycles. The number of rotatable bonds is 4. The van der Waals surface area contributed by atoms with Crippen molar-refractivity contribution in [3.63, 3.8) is 0 Å². The quantitative estimate of drug-likeness (QED) is 0.852. The zero-order chi connectivity index (χ0) is 13.8. The van der Waals surface area contributed by atoms with Crippen molar-refractivity contribution in [1.82, 2.24) is 4.72 Å². The third kappa shape index (κ3) is 4.43. The van der Waals surface area contributed by atoms with Crippen LogP contribution in [-0.2, 0) is 14.8 Å². The van der Waals surface area contributed by atoms with Gasteiger partial charge in [-0.05, 0) is 31.2 Å². The first-order chi connectivity index (χ1) is 8.31. The number of nitrogens with one attached hydrogen (secondary N) is 1. The number of sulfonamides is 1. The van der Waals surface area contributed by atoms with Crippen LogP contribution in [0, 0.1) is 11.3 Å². The number of nitrogens with zero attached hydrogens (tertiary/aromatic N) is 1. The Morgan fingerprint density at radius 1 is 1.39 bits per heavy atom. The van der Waals surface area contributed by atoms with Gasteiger partial charge in [-0.2, -0.15) is 5.26 Å². The van der Waals surface area contributed by atoms with Crippen molar-refractivity contribution >= 4 is 15.9 Å². The molecule has 96 valence electrons. The molecule has 1 aromatic rings. The topological polar surface area (TPSA) is 96.3 Å². The maximum absolute atomic E-state index is 11.4. The molecule has 0 aliphatic carbocycles. The van der Waals surface area contributed by atoms with Gasteiger partial charge in [-0.25, -0.2) is 8.42 Å². The number of hydrogen-bond donors (Lipinski definition) is 1. The Labute approximate surface area is 105 Å². The molecule has 0 aliphatic heterocycles. The van der Waals surface area contributed by atoms with E-state index in [1.165, 1.54) is 31.2 Å². The molecule has 7 heteroatoms. The lowest BCUT2D eigenvalue weighted by Gasteiger charge is -2.13. The molecule has 0 aromatic heterocycles. The fourth-order valence-corrected chi connectivity index (χ4v) is 1.66. The van der Waals surface area contributed by atoms with E-state index in [1.807, 2.05) is 10.8 Å². The van der Waals surface area contributed by atoms with E-state index in [1.54, 1.807) is 0 Å². The molecule has 0 radical (unpaired) electrons. The molecule has 0 bridgehead atoms. The monoisotopic (exact) mass is 268 g/mol. The zero-order valence-corrected chi connectivity index (χ0v) is 10.7. The minimum atomic E-state index is -3.59. The molecule has 0 fully saturated rings. The molecule has 0 heterocycles. The Balaban J connectivity index is 2.67. The van der Waals surface area contributed by atoms with Gasteiger partial charge in [0.15, 0.2) is 6.10 Å². The average molecular weight is 268 g/mol. The van der Waals surface area contributed by atoms with Crippen LogP contribution in [0.25, 0.3) is 0 Å². The van der Waals surface area contributed by atoms with Crippen LogP contribution in [0.2, 0.25) is 0 Å². The molecule has 1 amide bonds. The van der Waals surface area contributed by atoms with Crippen molar-refractivity contribution in [2.75, 3.05) is 6.26 Å². The zero-order valence-electron chi connectivity index (χ0n) is 9.88. The van der Waals surface area contributed by atoms with Gasteiger partial charge in [-0.15, -0.1) is 0 Å². The number of carbonyl (C=O) groups excluding carboxylic acids is 1. The van der Waals surface area contributed by atoms with Gasteiger partial charge < -0.3 is 4.74 Å². The van der Waals surface area contributed by atoms with Gasteiger partial charge >= 0.3 is 0 Å². The smallest absolute Gasteiger partial charge is 0.274 e. The highest BCUT2D eigenvalue weighted by atomic mass is 32.2. The molecule has 18 heavy (non-hydrogen) atoms. The predicted molar refractivity (Wildman–Crippen MR) is 64.2 cm³/mol. The number of amides is 1. The summed E-state index contributed by atoms with van der Waals surface area (Å²) in [6.07, 6.45) is -0.0630. The summed E-state index contributed by atoms with van der Waals surface area (Å²) in [5, 5.41) is 8.60. The molecule has 1 atom stereocenters. The lowest BCUT2D eigenvalue weighted by molar-refractivity contribution is -0.125. The van der Waals surface area contributed by atoms with E-state index in [2.05, 4.69) is 0 Å². The lowest BCUT2D eigenvalue weighted by atomic mass is 10.2. The number of benzene rings is 1. The average Bonchev–Trinajstić information content (AvgIpc) is 2.27. The third-order valence-corrected chi connectivity index (χ3v) is 2.52. The normalized spacial score (nSPS) is 12.3. The van der Waals surface area contributed by atoms with Gasteiger partial charge in [-0.1, -0.05) is 0 Å². The summed E-state index contributed by atoms with van der Waals surface area (Å²) in [6.45, 7) is 1.43. The summed E-state index contributed by atoms with van der Waals surface area (Å²) >= 11 is 0. The molecule has 6 nitrogen and oxygen atoms in total. The van der Waals surface area contributed by atoms with Crippen molar-refractivity contribution < 1.29 is 17.9 Å². The van der Waals surface area contributed by atoms with Gasteiger partial charge in [0, 0.05) is 0 Å². The minimum Gasteiger partial charge on any atom is -0.481 e. The van der Waals surface area contributed by atoms with Crippen LogP contribution in [0.5, 0.6) is 5.75 Å². The van der Waals surface area contributed by atoms with E-state index in [9.17, 15) is 13.2 Å². The Hall–Kier alpha value is -2.07. The first kappa shape index (κ1) is 14.0. The molecule has 1 N–H and O–H groups in total. The van der Waals surface area contributed by atoms with Crippen molar-refractivity contribution in [3.05, 3.63) is 29.8 Å². The molecule has 0 saturated carbocycles. The molecule has 0 unspecified atom stereocenters. The summed E-state index contributed by atoms with van der Waals surface area (Å²) in [6, 6.07) is 8.08. The summed E-state index contributed by atoms with van der Waals surface area (Å²) in [4.78, 5) is 11.4. The molecule has 0 aliphatic rings. The lowest BCUT2D eigenvalue weighted by Crippen LogP contribution is -2.39. The first-order valence-corrected chi connectivity index (χ1v) is 6.89. The van der Waals surface area contributed by atoms with E-state index < -0.39 is 22.0 Å². The Morgan fingerprint density at radius 2 is 1.94 bits per heavy atom. The summed E-state index contributed by atoms with van der Waals surface area (Å²) in [5.74, 6) is -0.369. The molecule has 1 rings (SSSR count). The Bertz CT molecular complexity index is 572. The van der Waals surface area contributed by atoms with Gasteiger partial charge in [-0.3, -0.25) is 9.52 Å². The highest BCUT2D eigenvalue weighted by Crippen LogP contribution is 2.13. The summed E-state index contributed by atoms with van der Waals surface area (Å²) in [5.41, 5.74) is 0.468. The van der Waals surface area contributed by atoms with Crippen LogP contribution in [0.1, 0.15) is 12.5 Å². The van der Waals surface area contributed by atoms with Crippen molar-refractivity contribution in [1.29, 1.82) is 5.26 Å². The second-order valence-electron chi connectivity index (χ2n) is 3.63. The number of nitriles is 1. The third-order valence-electron chi connectivity index (χ3n) is 1.95. The molecule has 0 saturated heterocycles. The number of carbonyl (C=O) groups is 1. The van der Waals surface area contributed by atoms with Crippen LogP contribution in [-0.4, -0.2) is 26.7 Å². The predicted octanol–water partition coefficient (Wildman–Crippen LogP) is 0.401. The Kier molecular flexibility index (Phi) is 4.28. The van der Waals surface area contributed by atoms with E-state index in [0.717, 1.165) is 6.26 Å². The number of hydrogen-bond acceptors (Lipinski definition) is 5. The SMILES string of the molecule is C[C@H](Oc1ccc(C#N)cc1)C(=O)NS(C)(=O)=O. The maximum Gasteiger partial charge on any atom is 0.274 e. The van der Waals surface area contributed by atoms with Crippen LogP contribution in [0.4, 0.5) is 0 Å². The molecular weight excluding hydrogens is 256 g/mol. The largest absolute Gasteiger partial charge is 0.481 e. The maximum atomic E-state index is 11.4. The van der Waals surface area contributed by atoms with Gasteiger partial charge in [0.05, 0.1) is 17.9 Å². The summed E-state index contributed by atoms with van der Waals surface area (Å²) < 4.78 is 28.8. The fourth-order valence-electron chi connectivity index (χ4n) is 1.13. The van der Waals surface area contributed by atoms with E-state index in [0.29, 0.717) is 11.3 Å². The van der Waals surface area contributed by atoms with Crippen LogP contribution < -0.4 is 9.46 Å². The van der Waals surface area contributed by atoms with E-state index in [-0.39, 0.29) is 0 Å². The van der Waals surface area contributed by atoms with Crippen molar-refractivity contribution in [2.45, 2.75) is 13.0 Å². The fraction of sp³-hybridized carbons (Fsp3) is 0.273. The Morgan fingerprint density at radius 3 is 2.39 bits per heavy atom. The summed E-state index contributed by atoms with van der Waals surface area (Å²) in [7, 11) is -3.59. The molecule has 0 spiro atoms. The van der Waals surface area contributed by atoms with Crippen LogP contribution in [0.3, 0.4) is 0 Å². The minimum absolute atomic E-state index is 0.380. The van der Waals surface area contributed by atoms with Gasteiger partial charge in [0.2, 0.25) is 10.0 Å². The van der Waals surface area contributed by atoms with Crippen molar-refractivity contribution in [3.8, 4) is 11.8 Å². The van der Waals surface area contributed by atoms with Gasteiger partial charge in [0.25, 0.3) is 5.91 Å². The highest BCUT2D eigenvalue weighted by molar-refractivity contribution is 7.89. The van der Waals surface area contributed by atoms with Gasteiger partial charge in [0.1, 0.15) is 5.75 Å². The van der Waals surface area contributed by atoms with Crippen LogP contribution in [0.15, 0.2) is 24.3 Å². The number of ether oxygens (including phenoxy) is 1. The van der Waals surface area contributed by atoms with Crippen molar-refractivity contribution in [2.24, 2.45) is 0 Å². The second-order valence-corrected chi connectivity index (χ2v) is 5.38. The van der Waals surface area contributed by atoms with E-state index in [4.69, 9.17) is 10.00 Å². The highest BCUT2D eigenvalue weighted by Gasteiger charge is 2.18.